The molecule has 0 radical (unpaired) electrons. The number of hydrogen-bond acceptors (Lipinski definition) is 5. The number of likely N-dealkylation sites (N-methyl/N-ethyl adjacent to an activating group) is 1. The van der Waals surface area contributed by atoms with Gasteiger partial charge in [-0.05, 0) is 39.6 Å². The van der Waals surface area contributed by atoms with Crippen LogP contribution in [0.2, 0.25) is 0 Å². The summed E-state index contributed by atoms with van der Waals surface area (Å²) in [5, 5.41) is 10.2. The second-order valence-corrected chi connectivity index (χ2v) is 11.2. The van der Waals surface area contributed by atoms with Crippen LogP contribution < -0.4 is 11.1 Å². The lowest BCUT2D eigenvalue weighted by Crippen LogP contribution is -2.78. The van der Waals surface area contributed by atoms with Crippen molar-refractivity contribution in [3.63, 3.8) is 0 Å². The number of hydrazine groups is 1. The molecule has 0 spiro atoms. The van der Waals surface area contributed by atoms with Crippen molar-refractivity contribution in [2.45, 2.75) is 44.7 Å². The van der Waals surface area contributed by atoms with Gasteiger partial charge < -0.3 is 20.9 Å². The first-order valence-corrected chi connectivity index (χ1v) is 14.4. The summed E-state index contributed by atoms with van der Waals surface area (Å²) in [7, 11) is 1.67. The predicted molar refractivity (Wildman–Crippen MR) is 163 cm³/mol. The number of amides is 5. The Morgan fingerprint density at radius 3 is 2.09 bits per heavy atom. The molecule has 5 amide bonds. The van der Waals surface area contributed by atoms with Crippen molar-refractivity contribution in [2.24, 2.45) is 5.73 Å². The Morgan fingerprint density at radius 2 is 1.44 bits per heavy atom. The molecular weight excluding hydrogens is 544 g/mol. The van der Waals surface area contributed by atoms with Crippen molar-refractivity contribution < 1.29 is 19.2 Å². The fraction of sp³-hybridized carbons (Fsp3) is 0.273. The predicted octanol–water partition coefficient (Wildman–Crippen LogP) is 3.19. The summed E-state index contributed by atoms with van der Waals surface area (Å²) in [5.74, 6) is -1.41. The number of hydrogen-bond donors (Lipinski definition) is 2. The summed E-state index contributed by atoms with van der Waals surface area (Å²) in [6, 6.07) is 25.6. The van der Waals surface area contributed by atoms with Crippen LogP contribution in [-0.2, 0) is 27.5 Å². The zero-order valence-corrected chi connectivity index (χ0v) is 24.1. The average Bonchev–Trinajstić information content (AvgIpc) is 3.00. The van der Waals surface area contributed by atoms with Crippen molar-refractivity contribution in [1.82, 2.24) is 25.1 Å². The Hall–Kier alpha value is -4.96. The smallest absolute Gasteiger partial charge is 0.334 e. The lowest BCUT2D eigenvalue weighted by atomic mass is 9.96. The van der Waals surface area contributed by atoms with E-state index in [4.69, 9.17) is 5.73 Å². The molecule has 2 heterocycles. The molecule has 2 aliphatic heterocycles. The Balaban J connectivity index is 1.34. The molecule has 2 fully saturated rings. The number of nitrogens with one attached hydrogen (secondary N) is 1. The number of carbonyl (C=O) groups excluding carboxylic acids is 4. The summed E-state index contributed by atoms with van der Waals surface area (Å²) >= 11 is 0. The van der Waals surface area contributed by atoms with Crippen molar-refractivity contribution in [3.8, 4) is 0 Å². The lowest BCUT2D eigenvalue weighted by Gasteiger charge is -2.57. The number of primary amides is 1. The van der Waals surface area contributed by atoms with E-state index in [1.54, 1.807) is 17.0 Å². The molecule has 43 heavy (non-hydrogen) atoms. The Bertz CT molecular complexity index is 1730. The summed E-state index contributed by atoms with van der Waals surface area (Å²) in [5.41, 5.74) is 7.47. The zero-order chi connectivity index (χ0) is 30.2. The van der Waals surface area contributed by atoms with E-state index in [9.17, 15) is 19.2 Å². The van der Waals surface area contributed by atoms with E-state index in [2.05, 4.69) is 5.32 Å². The number of nitrogens with two attached hydrogens (primary N) is 1. The molecule has 2 aliphatic rings. The number of carbonyl (C=O) groups is 4. The molecular formula is C33H34N6O4. The molecule has 0 unspecified atom stereocenters. The molecule has 4 aromatic carbocycles. The van der Waals surface area contributed by atoms with E-state index < -0.39 is 30.2 Å². The number of benzene rings is 4. The normalized spacial score (nSPS) is 20.9. The van der Waals surface area contributed by atoms with Crippen molar-refractivity contribution >= 4 is 45.3 Å². The number of rotatable bonds is 6. The number of piperazine rings is 1. The highest BCUT2D eigenvalue weighted by molar-refractivity contribution is 5.95. The van der Waals surface area contributed by atoms with Crippen LogP contribution in [0.4, 0.5) is 4.79 Å². The number of nitrogens with zero attached hydrogens (tertiary/aromatic N) is 4. The molecule has 0 saturated carbocycles. The second kappa shape index (κ2) is 11.4. The minimum Gasteiger partial charge on any atom is -0.370 e. The maximum Gasteiger partial charge on any atom is 0.334 e. The van der Waals surface area contributed by atoms with Gasteiger partial charge in [0.1, 0.15) is 12.2 Å². The summed E-state index contributed by atoms with van der Waals surface area (Å²) in [6.07, 6.45) is -1.19. The molecule has 6 rings (SSSR count). The van der Waals surface area contributed by atoms with Gasteiger partial charge in [0.25, 0.3) is 0 Å². The SMILES string of the molecule is C[C@H]1[C@H]2N(C(=O)CN(C)N2C(=O)NCc2cccc3ccccc23)[C@@H](CC(N)=O)C(=O)N1Cc1cccc2ccccc12. The highest BCUT2D eigenvalue weighted by Gasteiger charge is 2.54. The first kappa shape index (κ1) is 28.2. The van der Waals surface area contributed by atoms with E-state index in [0.29, 0.717) is 0 Å². The van der Waals surface area contributed by atoms with Crippen molar-refractivity contribution in [1.29, 1.82) is 0 Å². The van der Waals surface area contributed by atoms with Gasteiger partial charge in [-0.1, -0.05) is 84.9 Å². The van der Waals surface area contributed by atoms with Crippen LogP contribution in [0.25, 0.3) is 21.5 Å². The van der Waals surface area contributed by atoms with Gasteiger partial charge >= 0.3 is 6.03 Å². The molecule has 4 aromatic rings. The van der Waals surface area contributed by atoms with Gasteiger partial charge in [-0.15, -0.1) is 0 Å². The molecule has 3 atom stereocenters. The Kier molecular flexibility index (Phi) is 7.45. The lowest BCUT2D eigenvalue weighted by molar-refractivity contribution is -0.196. The third-order valence-electron chi connectivity index (χ3n) is 8.52. The van der Waals surface area contributed by atoms with Gasteiger partial charge in [0.2, 0.25) is 17.7 Å². The van der Waals surface area contributed by atoms with Gasteiger partial charge in [-0.2, -0.15) is 0 Å². The molecule has 10 nitrogen and oxygen atoms in total. The maximum atomic E-state index is 14.0. The summed E-state index contributed by atoms with van der Waals surface area (Å²) < 4.78 is 0. The fourth-order valence-corrected chi connectivity index (χ4v) is 6.47. The highest BCUT2D eigenvalue weighted by atomic mass is 16.2. The van der Waals surface area contributed by atoms with Crippen LogP contribution in [0, 0.1) is 0 Å². The van der Waals surface area contributed by atoms with Gasteiger partial charge in [0, 0.05) is 20.1 Å². The van der Waals surface area contributed by atoms with Crippen LogP contribution in [-0.4, -0.2) is 75.4 Å². The van der Waals surface area contributed by atoms with E-state index in [0.717, 1.165) is 32.7 Å². The van der Waals surface area contributed by atoms with E-state index in [-0.39, 0.29) is 37.9 Å². The number of fused-ring (bicyclic) bond motifs is 3. The largest absolute Gasteiger partial charge is 0.370 e. The van der Waals surface area contributed by atoms with Gasteiger partial charge in [-0.3, -0.25) is 14.4 Å². The van der Waals surface area contributed by atoms with Crippen LogP contribution in [0.1, 0.15) is 24.5 Å². The van der Waals surface area contributed by atoms with Crippen LogP contribution >= 0.6 is 0 Å². The van der Waals surface area contributed by atoms with Gasteiger partial charge in [0.05, 0.1) is 19.0 Å². The van der Waals surface area contributed by atoms with Crippen LogP contribution in [0.15, 0.2) is 84.9 Å². The first-order valence-electron chi connectivity index (χ1n) is 14.4. The molecule has 220 valence electrons. The van der Waals surface area contributed by atoms with Gasteiger partial charge in [-0.25, -0.2) is 14.8 Å². The van der Waals surface area contributed by atoms with E-state index in [1.807, 2.05) is 91.9 Å². The third kappa shape index (κ3) is 5.14. The molecule has 0 aliphatic carbocycles. The topological polar surface area (TPSA) is 119 Å². The minimum absolute atomic E-state index is 0.128. The van der Waals surface area contributed by atoms with Crippen LogP contribution in [0.3, 0.4) is 0 Å². The number of urea groups is 1. The Morgan fingerprint density at radius 1 is 0.860 bits per heavy atom. The first-order chi connectivity index (χ1) is 20.7. The second-order valence-electron chi connectivity index (χ2n) is 11.2. The standard InChI is InChI=1S/C33H34N6O4/c1-21-31-38(28(17-29(34)40)32(42)37(21)19-25-14-8-12-23-10-4-6-16-27(23)25)30(41)20-36(2)39(31)33(43)35-18-24-13-7-11-22-9-3-5-15-26(22)24/h3-16,21,28,31H,17-20H2,1-2H3,(H2,34,40)(H,35,43)/t21-,28-,31-/m0/s1. The maximum absolute atomic E-state index is 14.0. The van der Waals surface area contributed by atoms with Gasteiger partial charge in [0.15, 0.2) is 0 Å². The summed E-state index contributed by atoms with van der Waals surface area (Å²) in [4.78, 5) is 56.6. The highest BCUT2D eigenvalue weighted by Crippen LogP contribution is 2.33. The molecule has 0 aromatic heterocycles. The molecule has 2 saturated heterocycles. The summed E-state index contributed by atoms with van der Waals surface area (Å²) in [6.45, 7) is 2.21. The van der Waals surface area contributed by atoms with Crippen molar-refractivity contribution in [2.75, 3.05) is 13.6 Å². The minimum atomic E-state index is -1.12. The van der Waals surface area contributed by atoms with Crippen molar-refractivity contribution in [3.05, 3.63) is 96.1 Å². The van der Waals surface area contributed by atoms with Crippen LogP contribution in [0.5, 0.6) is 0 Å². The fourth-order valence-electron chi connectivity index (χ4n) is 6.47. The molecule has 3 N–H and O–H groups in total. The quantitative estimate of drug-likeness (QED) is 0.364. The molecule has 10 heteroatoms. The van der Waals surface area contributed by atoms with E-state index in [1.165, 1.54) is 9.91 Å². The zero-order valence-electron chi connectivity index (χ0n) is 24.1. The Labute approximate surface area is 249 Å². The average molecular weight is 579 g/mol. The monoisotopic (exact) mass is 578 g/mol. The molecule has 0 bridgehead atoms. The third-order valence-corrected chi connectivity index (χ3v) is 8.52. The van der Waals surface area contributed by atoms with E-state index >= 15 is 0 Å².